The Labute approximate surface area is 148 Å². The van der Waals surface area contributed by atoms with E-state index in [1.165, 1.54) is 6.42 Å². The van der Waals surface area contributed by atoms with Crippen LogP contribution in [0.25, 0.3) is 0 Å². The third-order valence-electron chi connectivity index (χ3n) is 5.13. The van der Waals surface area contributed by atoms with Crippen molar-refractivity contribution in [1.82, 2.24) is 9.80 Å². The molecule has 0 saturated carbocycles. The molecule has 0 aromatic heterocycles. The summed E-state index contributed by atoms with van der Waals surface area (Å²) in [5, 5.41) is 12.5. The van der Waals surface area contributed by atoms with Crippen LogP contribution < -0.4 is 5.32 Å². The first-order valence-electron chi connectivity index (χ1n) is 9.19. The fraction of sp³-hybridized carbons (Fsp3) is 0.579. The summed E-state index contributed by atoms with van der Waals surface area (Å²) in [5.74, 6) is 0.0595. The van der Waals surface area contributed by atoms with E-state index < -0.39 is 6.10 Å². The third-order valence-corrected chi connectivity index (χ3v) is 5.13. The molecule has 2 saturated heterocycles. The fourth-order valence-corrected chi connectivity index (χ4v) is 3.60. The highest BCUT2D eigenvalue weighted by atomic mass is 16.3. The minimum absolute atomic E-state index is 0.0595. The van der Waals surface area contributed by atoms with Gasteiger partial charge in [-0.25, -0.2) is 4.79 Å². The van der Waals surface area contributed by atoms with Gasteiger partial charge in [-0.05, 0) is 63.3 Å². The summed E-state index contributed by atoms with van der Waals surface area (Å²) in [6, 6.07) is 7.14. The van der Waals surface area contributed by atoms with Crippen LogP contribution in [0.3, 0.4) is 0 Å². The number of piperidine rings is 2. The number of carbonyl (C=O) groups excluding carboxylic acids is 2. The topological polar surface area (TPSA) is 72.9 Å². The van der Waals surface area contributed by atoms with Crippen LogP contribution >= 0.6 is 0 Å². The van der Waals surface area contributed by atoms with Crippen LogP contribution in [0.5, 0.6) is 0 Å². The van der Waals surface area contributed by atoms with E-state index in [2.05, 4.69) is 12.2 Å². The molecule has 2 heterocycles. The predicted octanol–water partition coefficient (Wildman–Crippen LogP) is 2.69. The Hall–Kier alpha value is -2.08. The molecule has 0 unspecified atom stereocenters. The van der Waals surface area contributed by atoms with Crippen LogP contribution in [0.15, 0.2) is 24.3 Å². The van der Waals surface area contributed by atoms with Gasteiger partial charge in [-0.3, -0.25) is 4.79 Å². The summed E-state index contributed by atoms with van der Waals surface area (Å²) < 4.78 is 0. The molecular formula is C19H27N3O3. The molecule has 2 N–H and O–H groups in total. The van der Waals surface area contributed by atoms with Crippen LogP contribution in [-0.2, 0) is 0 Å². The molecule has 1 aromatic carbocycles. The van der Waals surface area contributed by atoms with Crippen LogP contribution in [-0.4, -0.2) is 58.6 Å². The molecule has 2 atom stereocenters. The van der Waals surface area contributed by atoms with Gasteiger partial charge >= 0.3 is 6.03 Å². The monoisotopic (exact) mass is 345 g/mol. The van der Waals surface area contributed by atoms with E-state index in [0.29, 0.717) is 24.3 Å². The van der Waals surface area contributed by atoms with Gasteiger partial charge in [0.2, 0.25) is 0 Å². The van der Waals surface area contributed by atoms with E-state index in [1.807, 2.05) is 4.90 Å². The minimum atomic E-state index is -0.439. The Balaban J connectivity index is 1.60. The summed E-state index contributed by atoms with van der Waals surface area (Å²) in [7, 11) is 0. The zero-order valence-corrected chi connectivity index (χ0v) is 14.8. The molecule has 0 spiro atoms. The van der Waals surface area contributed by atoms with Crippen molar-refractivity contribution in [2.45, 2.75) is 51.2 Å². The summed E-state index contributed by atoms with van der Waals surface area (Å²) in [4.78, 5) is 28.4. The quantitative estimate of drug-likeness (QED) is 0.865. The summed E-state index contributed by atoms with van der Waals surface area (Å²) in [6.07, 6.45) is 4.42. The molecule has 2 aliphatic heterocycles. The third kappa shape index (κ3) is 4.31. The van der Waals surface area contributed by atoms with Gasteiger partial charge in [0.15, 0.2) is 0 Å². The van der Waals surface area contributed by atoms with Gasteiger partial charge in [0.1, 0.15) is 0 Å². The van der Waals surface area contributed by atoms with Crippen LogP contribution in [0.2, 0.25) is 0 Å². The first-order valence-corrected chi connectivity index (χ1v) is 9.19. The van der Waals surface area contributed by atoms with Crippen molar-refractivity contribution < 1.29 is 14.7 Å². The summed E-state index contributed by atoms with van der Waals surface area (Å²) >= 11 is 0. The van der Waals surface area contributed by atoms with E-state index in [9.17, 15) is 14.7 Å². The number of hydrogen-bond acceptors (Lipinski definition) is 3. The number of β-amino-alcohol motifs (C(OH)–C–C–N with tert-alkyl or cyclic N) is 1. The second-order valence-corrected chi connectivity index (χ2v) is 7.09. The number of benzene rings is 1. The summed E-state index contributed by atoms with van der Waals surface area (Å²) in [6.45, 7) is 3.94. The second-order valence-electron chi connectivity index (χ2n) is 7.09. The first-order chi connectivity index (χ1) is 12.0. The second kappa shape index (κ2) is 7.87. The van der Waals surface area contributed by atoms with Gasteiger partial charge < -0.3 is 20.2 Å². The van der Waals surface area contributed by atoms with E-state index in [0.717, 1.165) is 32.2 Å². The normalized spacial score (nSPS) is 24.1. The fourth-order valence-electron chi connectivity index (χ4n) is 3.60. The number of amides is 3. The van der Waals surface area contributed by atoms with Crippen LogP contribution in [0.1, 0.15) is 49.4 Å². The highest BCUT2D eigenvalue weighted by Gasteiger charge is 2.24. The zero-order valence-electron chi connectivity index (χ0n) is 14.8. The lowest BCUT2D eigenvalue weighted by Gasteiger charge is -2.33. The van der Waals surface area contributed by atoms with Crippen LogP contribution in [0, 0.1) is 0 Å². The molecule has 0 bridgehead atoms. The number of likely N-dealkylation sites (tertiary alicyclic amines) is 2. The highest BCUT2D eigenvalue weighted by Crippen LogP contribution is 2.20. The lowest BCUT2D eigenvalue weighted by Crippen LogP contribution is -2.44. The molecule has 2 fully saturated rings. The SMILES string of the molecule is C[C@H]1CCCCN1C(=O)c1ccc(NC(=O)N2CCC[C@H](O)C2)cc1. The van der Waals surface area contributed by atoms with E-state index in [-0.39, 0.29) is 18.0 Å². The molecule has 2 aliphatic rings. The molecule has 3 rings (SSSR count). The molecule has 136 valence electrons. The van der Waals surface area contributed by atoms with Crippen molar-refractivity contribution in [3.05, 3.63) is 29.8 Å². The Morgan fingerprint density at radius 3 is 2.52 bits per heavy atom. The average Bonchev–Trinajstić information content (AvgIpc) is 2.62. The Kier molecular flexibility index (Phi) is 5.58. The van der Waals surface area contributed by atoms with Gasteiger partial charge in [0.25, 0.3) is 5.91 Å². The Morgan fingerprint density at radius 2 is 1.84 bits per heavy atom. The number of nitrogens with zero attached hydrogens (tertiary/aromatic N) is 2. The maximum atomic E-state index is 12.6. The molecule has 25 heavy (non-hydrogen) atoms. The Morgan fingerprint density at radius 1 is 1.08 bits per heavy atom. The summed E-state index contributed by atoms with van der Waals surface area (Å²) in [5.41, 5.74) is 1.31. The predicted molar refractivity (Wildman–Crippen MR) is 96.6 cm³/mol. The molecule has 6 nitrogen and oxygen atoms in total. The number of aliphatic hydroxyl groups excluding tert-OH is 1. The number of nitrogens with one attached hydrogen (secondary N) is 1. The zero-order chi connectivity index (χ0) is 17.8. The van der Waals surface area contributed by atoms with Crippen molar-refractivity contribution in [3.8, 4) is 0 Å². The maximum Gasteiger partial charge on any atom is 0.321 e. The van der Waals surface area contributed by atoms with E-state index >= 15 is 0 Å². The number of urea groups is 1. The highest BCUT2D eigenvalue weighted by molar-refractivity contribution is 5.95. The number of carbonyl (C=O) groups is 2. The van der Waals surface area contributed by atoms with Crippen molar-refractivity contribution in [1.29, 1.82) is 0 Å². The smallest absolute Gasteiger partial charge is 0.321 e. The molecule has 0 aliphatic carbocycles. The van der Waals surface area contributed by atoms with Crippen LogP contribution in [0.4, 0.5) is 10.5 Å². The van der Waals surface area contributed by atoms with Gasteiger partial charge in [0, 0.05) is 36.9 Å². The maximum absolute atomic E-state index is 12.6. The lowest BCUT2D eigenvalue weighted by molar-refractivity contribution is 0.0635. The van der Waals surface area contributed by atoms with Crippen molar-refractivity contribution in [3.63, 3.8) is 0 Å². The van der Waals surface area contributed by atoms with E-state index in [4.69, 9.17) is 0 Å². The van der Waals surface area contributed by atoms with Gasteiger partial charge in [-0.1, -0.05) is 0 Å². The van der Waals surface area contributed by atoms with Gasteiger partial charge in [-0.2, -0.15) is 0 Å². The van der Waals surface area contributed by atoms with Crippen molar-refractivity contribution >= 4 is 17.6 Å². The molecular weight excluding hydrogens is 318 g/mol. The molecule has 6 heteroatoms. The first kappa shape index (κ1) is 17.7. The minimum Gasteiger partial charge on any atom is -0.391 e. The molecule has 1 aromatic rings. The van der Waals surface area contributed by atoms with Gasteiger partial charge in [0.05, 0.1) is 6.10 Å². The number of hydrogen-bond donors (Lipinski definition) is 2. The average molecular weight is 345 g/mol. The largest absolute Gasteiger partial charge is 0.391 e. The number of aliphatic hydroxyl groups is 1. The lowest BCUT2D eigenvalue weighted by atomic mass is 10.0. The van der Waals surface area contributed by atoms with Crippen molar-refractivity contribution in [2.75, 3.05) is 25.0 Å². The molecule has 3 amide bonds. The molecule has 0 radical (unpaired) electrons. The number of rotatable bonds is 2. The van der Waals surface area contributed by atoms with Gasteiger partial charge in [-0.15, -0.1) is 0 Å². The Bertz CT molecular complexity index is 617. The van der Waals surface area contributed by atoms with E-state index in [1.54, 1.807) is 29.2 Å². The standard InChI is InChI=1S/C19H27N3O3/c1-14-5-2-3-12-22(14)18(24)15-7-9-16(10-8-15)20-19(25)21-11-4-6-17(23)13-21/h7-10,14,17,23H,2-6,11-13H2,1H3,(H,20,25)/t14-,17-/m0/s1. The number of anilines is 1. The van der Waals surface area contributed by atoms with Crippen molar-refractivity contribution in [2.24, 2.45) is 0 Å².